The highest BCUT2D eigenvalue weighted by atomic mass is 32.2. The van der Waals surface area contributed by atoms with E-state index in [1.54, 1.807) is 20.8 Å². The number of halogens is 3. The van der Waals surface area contributed by atoms with Crippen molar-refractivity contribution in [2.75, 3.05) is 7.11 Å². The molecular weight excluding hydrogens is 429 g/mol. The van der Waals surface area contributed by atoms with Gasteiger partial charge in [0.1, 0.15) is 6.10 Å². The maximum Gasteiger partial charge on any atom is 0.534 e. The first-order valence-corrected chi connectivity index (χ1v) is 11.1. The Bertz CT molecular complexity index is 875. The second-order valence-electron chi connectivity index (χ2n) is 9.47. The van der Waals surface area contributed by atoms with E-state index < -0.39 is 50.8 Å². The molecule has 0 amide bonds. The van der Waals surface area contributed by atoms with Crippen LogP contribution < -0.4 is 0 Å². The fourth-order valence-electron chi connectivity index (χ4n) is 5.52. The van der Waals surface area contributed by atoms with E-state index in [1.165, 1.54) is 0 Å². The van der Waals surface area contributed by atoms with Gasteiger partial charge in [-0.15, -0.1) is 0 Å². The first kappa shape index (κ1) is 23.3. The molecule has 0 aromatic rings. The van der Waals surface area contributed by atoms with Gasteiger partial charge in [0, 0.05) is 11.3 Å². The Labute approximate surface area is 174 Å². The molecule has 0 unspecified atom stereocenters. The fraction of sp³-hybridized carbons (Fsp3) is 0.842. The third-order valence-electron chi connectivity index (χ3n) is 6.45. The summed E-state index contributed by atoms with van der Waals surface area (Å²) in [6.07, 6.45) is -0.196. The van der Waals surface area contributed by atoms with Crippen LogP contribution in [0.5, 0.6) is 0 Å². The molecule has 3 aliphatic rings. The molecule has 1 saturated carbocycles. The maximum absolute atomic E-state index is 13.1. The van der Waals surface area contributed by atoms with Crippen LogP contribution in [0, 0.1) is 16.7 Å². The average Bonchev–Trinajstić information content (AvgIpc) is 2.86. The lowest BCUT2D eigenvalue weighted by atomic mass is 9.49. The summed E-state index contributed by atoms with van der Waals surface area (Å²) in [4.78, 5) is 12.8. The number of ether oxygens (including phenoxy) is 3. The van der Waals surface area contributed by atoms with Crippen LogP contribution in [0.1, 0.15) is 53.9 Å². The second-order valence-corrected chi connectivity index (χ2v) is 11.0. The zero-order valence-electron chi connectivity index (χ0n) is 17.8. The average molecular weight is 456 g/mol. The van der Waals surface area contributed by atoms with Crippen molar-refractivity contribution in [1.82, 2.24) is 0 Å². The van der Waals surface area contributed by atoms with Gasteiger partial charge in [-0.2, -0.15) is 21.6 Å². The van der Waals surface area contributed by atoms with Crippen LogP contribution in [0.2, 0.25) is 0 Å². The Hall–Kier alpha value is -1.33. The van der Waals surface area contributed by atoms with Gasteiger partial charge < -0.3 is 18.4 Å². The molecule has 11 heteroatoms. The summed E-state index contributed by atoms with van der Waals surface area (Å²) in [5, 5.41) is 0. The van der Waals surface area contributed by atoms with Crippen molar-refractivity contribution in [3.8, 4) is 0 Å². The van der Waals surface area contributed by atoms with Crippen LogP contribution in [0.25, 0.3) is 0 Å². The minimum Gasteiger partial charge on any atom is -0.466 e. The molecule has 0 N–H and O–H groups in total. The molecule has 1 aliphatic heterocycles. The highest BCUT2D eigenvalue weighted by molar-refractivity contribution is 7.87. The molecule has 0 spiro atoms. The third-order valence-corrected chi connectivity index (χ3v) is 7.42. The summed E-state index contributed by atoms with van der Waals surface area (Å²) < 4.78 is 84.4. The molecule has 7 nitrogen and oxygen atoms in total. The van der Waals surface area contributed by atoms with Crippen LogP contribution in [0.3, 0.4) is 0 Å². The molecule has 30 heavy (non-hydrogen) atoms. The Morgan fingerprint density at radius 2 is 1.70 bits per heavy atom. The van der Waals surface area contributed by atoms with Crippen LogP contribution in [0.15, 0.2) is 11.3 Å². The first-order valence-electron chi connectivity index (χ1n) is 9.66. The number of rotatable bonds is 3. The largest absolute Gasteiger partial charge is 0.534 e. The van der Waals surface area contributed by atoms with E-state index in [9.17, 15) is 26.4 Å². The number of carbonyl (C=O) groups excluding carboxylic acids is 1. The molecule has 2 aliphatic carbocycles. The molecule has 1 saturated heterocycles. The van der Waals surface area contributed by atoms with E-state index in [0.717, 1.165) is 13.5 Å². The van der Waals surface area contributed by atoms with E-state index in [0.29, 0.717) is 12.8 Å². The molecule has 4 atom stereocenters. The first-order chi connectivity index (χ1) is 13.5. The van der Waals surface area contributed by atoms with Gasteiger partial charge in [0.05, 0.1) is 18.8 Å². The SMILES string of the molecule is COC(=O)C1=C(OS(=O)(=O)C(F)(F)F)[C@@H]2OC(C)(C)O[C@@H]2[C@H]2C(C)(C)CCC[C@]12C. The monoisotopic (exact) mass is 456 g/mol. The van der Waals surface area contributed by atoms with E-state index >= 15 is 0 Å². The fourth-order valence-corrected chi connectivity index (χ4v) is 6.03. The summed E-state index contributed by atoms with van der Waals surface area (Å²) in [6, 6.07) is 0. The molecule has 0 bridgehead atoms. The summed E-state index contributed by atoms with van der Waals surface area (Å²) in [7, 11) is -4.96. The number of carbonyl (C=O) groups is 1. The number of hydrogen-bond acceptors (Lipinski definition) is 7. The van der Waals surface area contributed by atoms with Crippen molar-refractivity contribution in [2.24, 2.45) is 16.7 Å². The predicted molar refractivity (Wildman–Crippen MR) is 98.2 cm³/mol. The minimum absolute atomic E-state index is 0.238. The molecule has 0 aromatic carbocycles. The zero-order chi connectivity index (χ0) is 22.9. The van der Waals surface area contributed by atoms with Gasteiger partial charge >= 0.3 is 21.6 Å². The second kappa shape index (κ2) is 6.83. The molecular formula is C19H27F3O7S. The number of hydrogen-bond donors (Lipinski definition) is 0. The number of fused-ring (bicyclic) bond motifs is 3. The molecule has 0 aromatic heterocycles. The van der Waals surface area contributed by atoms with Crippen molar-refractivity contribution in [2.45, 2.75) is 77.4 Å². The van der Waals surface area contributed by atoms with Crippen LogP contribution in [0.4, 0.5) is 13.2 Å². The minimum atomic E-state index is -6.04. The predicted octanol–water partition coefficient (Wildman–Crippen LogP) is 3.65. The van der Waals surface area contributed by atoms with Crippen molar-refractivity contribution in [3.05, 3.63) is 11.3 Å². The van der Waals surface area contributed by atoms with Crippen LogP contribution in [-0.2, 0) is 33.3 Å². The van der Waals surface area contributed by atoms with Gasteiger partial charge in [-0.1, -0.05) is 27.2 Å². The lowest BCUT2D eigenvalue weighted by Gasteiger charge is -2.56. The summed E-state index contributed by atoms with van der Waals surface area (Å²) in [5.41, 5.74) is -7.31. The normalized spacial score (nSPS) is 35.4. The molecule has 172 valence electrons. The van der Waals surface area contributed by atoms with Gasteiger partial charge in [-0.05, 0) is 32.1 Å². The van der Waals surface area contributed by atoms with Gasteiger partial charge in [-0.25, -0.2) is 4.79 Å². The van der Waals surface area contributed by atoms with Crippen molar-refractivity contribution >= 4 is 16.1 Å². The highest BCUT2D eigenvalue weighted by Gasteiger charge is 2.66. The number of esters is 1. The lowest BCUT2D eigenvalue weighted by molar-refractivity contribution is -0.164. The highest BCUT2D eigenvalue weighted by Crippen LogP contribution is 2.63. The quantitative estimate of drug-likeness (QED) is 0.364. The summed E-state index contributed by atoms with van der Waals surface area (Å²) in [5.74, 6) is -3.21. The maximum atomic E-state index is 13.1. The number of alkyl halides is 3. The van der Waals surface area contributed by atoms with E-state index in [2.05, 4.69) is 4.18 Å². The Morgan fingerprint density at radius 1 is 1.10 bits per heavy atom. The van der Waals surface area contributed by atoms with Gasteiger partial charge in [0.2, 0.25) is 0 Å². The van der Waals surface area contributed by atoms with Crippen LogP contribution >= 0.6 is 0 Å². The topological polar surface area (TPSA) is 88.1 Å². The molecule has 1 heterocycles. The molecule has 2 fully saturated rings. The lowest BCUT2D eigenvalue weighted by Crippen LogP contribution is -2.57. The number of methoxy groups -OCH3 is 1. The van der Waals surface area contributed by atoms with Crippen molar-refractivity contribution in [3.63, 3.8) is 0 Å². The van der Waals surface area contributed by atoms with Gasteiger partial charge in [-0.3, -0.25) is 0 Å². The molecule has 0 radical (unpaired) electrons. The van der Waals surface area contributed by atoms with E-state index in [4.69, 9.17) is 14.2 Å². The Balaban J connectivity index is 2.30. The van der Waals surface area contributed by atoms with Gasteiger partial charge in [0.15, 0.2) is 11.5 Å². The van der Waals surface area contributed by atoms with Crippen molar-refractivity contribution in [1.29, 1.82) is 0 Å². The summed E-state index contributed by atoms with van der Waals surface area (Å²) >= 11 is 0. The van der Waals surface area contributed by atoms with Crippen molar-refractivity contribution < 1.29 is 44.8 Å². The zero-order valence-corrected chi connectivity index (χ0v) is 18.6. The Morgan fingerprint density at radius 3 is 2.23 bits per heavy atom. The van der Waals surface area contributed by atoms with Gasteiger partial charge in [0.25, 0.3) is 0 Å². The van der Waals surface area contributed by atoms with E-state index in [-0.39, 0.29) is 16.9 Å². The summed E-state index contributed by atoms with van der Waals surface area (Å²) in [6.45, 7) is 8.86. The Kier molecular flexibility index (Phi) is 5.31. The smallest absolute Gasteiger partial charge is 0.466 e. The van der Waals surface area contributed by atoms with Crippen LogP contribution in [-0.4, -0.2) is 45.0 Å². The van der Waals surface area contributed by atoms with E-state index in [1.807, 2.05) is 13.8 Å². The molecule has 3 rings (SSSR count). The third kappa shape index (κ3) is 3.52. The standard InChI is InChI=1S/C19H27F3O7S/c1-16(2)8-7-9-18(5)10(15(23)26-6)11(29-30(24,25)19(20,21)22)12-13(14(16)18)28-17(3,4)27-12/h12-14H,7-9H2,1-6H3/t12-,13-,14-,18+/m0/s1.